The van der Waals surface area contributed by atoms with Crippen molar-refractivity contribution in [3.8, 4) is 5.75 Å². The molecule has 3 rings (SSSR count). The Morgan fingerprint density at radius 3 is 3.00 bits per heavy atom. The molecular formula is C10H10BrNO. The van der Waals surface area contributed by atoms with Gasteiger partial charge in [-0.25, -0.2) is 0 Å². The SMILES string of the molecule is Brc1ccc2c(c1)OC[C@]21CCN1. The van der Waals surface area contributed by atoms with Crippen molar-refractivity contribution in [2.75, 3.05) is 13.2 Å². The Kier molecular flexibility index (Phi) is 1.50. The van der Waals surface area contributed by atoms with E-state index in [0.29, 0.717) is 0 Å². The average Bonchev–Trinajstić information content (AvgIpc) is 2.41. The Bertz CT molecular complexity index is 360. The molecule has 68 valence electrons. The maximum atomic E-state index is 5.64. The van der Waals surface area contributed by atoms with E-state index in [4.69, 9.17) is 4.74 Å². The van der Waals surface area contributed by atoms with E-state index in [9.17, 15) is 0 Å². The molecule has 1 atom stereocenters. The molecule has 2 heterocycles. The van der Waals surface area contributed by atoms with Crippen molar-refractivity contribution in [2.24, 2.45) is 0 Å². The van der Waals surface area contributed by atoms with Gasteiger partial charge in [0.1, 0.15) is 12.4 Å². The lowest BCUT2D eigenvalue weighted by Gasteiger charge is -2.38. The predicted octanol–water partition coefficient (Wildman–Crippen LogP) is 2.03. The van der Waals surface area contributed by atoms with Crippen molar-refractivity contribution < 1.29 is 4.74 Å². The normalized spacial score (nSPS) is 29.6. The Balaban J connectivity index is 2.11. The summed E-state index contributed by atoms with van der Waals surface area (Å²) in [5.41, 5.74) is 1.47. The quantitative estimate of drug-likeness (QED) is 0.749. The number of rotatable bonds is 0. The van der Waals surface area contributed by atoms with Crippen molar-refractivity contribution in [3.05, 3.63) is 28.2 Å². The van der Waals surface area contributed by atoms with Crippen LogP contribution in [0, 0.1) is 0 Å². The van der Waals surface area contributed by atoms with Crippen LogP contribution in [0.2, 0.25) is 0 Å². The highest BCUT2D eigenvalue weighted by Crippen LogP contribution is 2.43. The van der Waals surface area contributed by atoms with E-state index in [1.54, 1.807) is 0 Å². The van der Waals surface area contributed by atoms with Crippen LogP contribution in [0.3, 0.4) is 0 Å². The molecule has 2 nitrogen and oxygen atoms in total. The standard InChI is InChI=1S/C10H10BrNO/c11-7-1-2-8-9(5-7)13-6-10(8)3-4-12-10/h1-2,5,12H,3-4,6H2/t10-/m1/s1. The fourth-order valence-electron chi connectivity index (χ4n) is 2.07. The van der Waals surface area contributed by atoms with Crippen LogP contribution < -0.4 is 10.1 Å². The van der Waals surface area contributed by atoms with E-state index in [0.717, 1.165) is 23.4 Å². The molecular weight excluding hydrogens is 230 g/mol. The van der Waals surface area contributed by atoms with Crippen LogP contribution in [0.1, 0.15) is 12.0 Å². The highest BCUT2D eigenvalue weighted by Gasteiger charge is 2.45. The van der Waals surface area contributed by atoms with E-state index < -0.39 is 0 Å². The second-order valence-electron chi connectivity index (χ2n) is 3.69. The Labute approximate surface area is 85.4 Å². The van der Waals surface area contributed by atoms with E-state index in [-0.39, 0.29) is 5.54 Å². The van der Waals surface area contributed by atoms with Gasteiger partial charge in [-0.1, -0.05) is 22.0 Å². The minimum Gasteiger partial charge on any atom is -0.491 e. The maximum Gasteiger partial charge on any atom is 0.125 e. The summed E-state index contributed by atoms with van der Waals surface area (Å²) >= 11 is 3.44. The summed E-state index contributed by atoms with van der Waals surface area (Å²) in [5.74, 6) is 1.03. The molecule has 1 aromatic carbocycles. The zero-order valence-corrected chi connectivity index (χ0v) is 8.73. The van der Waals surface area contributed by atoms with Gasteiger partial charge in [-0.2, -0.15) is 0 Å². The zero-order valence-electron chi connectivity index (χ0n) is 7.14. The third kappa shape index (κ3) is 0.973. The molecule has 0 bridgehead atoms. The van der Waals surface area contributed by atoms with E-state index in [1.165, 1.54) is 12.0 Å². The summed E-state index contributed by atoms with van der Waals surface area (Å²) in [7, 11) is 0. The second-order valence-corrected chi connectivity index (χ2v) is 4.60. The van der Waals surface area contributed by atoms with Gasteiger partial charge < -0.3 is 10.1 Å². The lowest BCUT2D eigenvalue weighted by atomic mass is 9.83. The largest absolute Gasteiger partial charge is 0.491 e. The Morgan fingerprint density at radius 1 is 1.46 bits per heavy atom. The molecule has 1 spiro atoms. The van der Waals surface area contributed by atoms with E-state index in [1.807, 2.05) is 6.07 Å². The van der Waals surface area contributed by atoms with Crippen LogP contribution in [-0.4, -0.2) is 13.2 Å². The summed E-state index contributed by atoms with van der Waals surface area (Å²) < 4.78 is 6.73. The first-order chi connectivity index (χ1) is 6.30. The molecule has 3 heteroatoms. The van der Waals surface area contributed by atoms with Gasteiger partial charge in [0, 0.05) is 10.0 Å². The van der Waals surface area contributed by atoms with Gasteiger partial charge in [0.2, 0.25) is 0 Å². The number of halogens is 1. The monoisotopic (exact) mass is 239 g/mol. The smallest absolute Gasteiger partial charge is 0.125 e. The van der Waals surface area contributed by atoms with Crippen LogP contribution in [0.5, 0.6) is 5.75 Å². The van der Waals surface area contributed by atoms with Gasteiger partial charge in [-0.3, -0.25) is 0 Å². The summed E-state index contributed by atoms with van der Waals surface area (Å²) in [6.07, 6.45) is 1.20. The molecule has 1 fully saturated rings. The third-order valence-corrected chi connectivity index (χ3v) is 3.44. The molecule has 0 amide bonds. The molecule has 0 radical (unpaired) electrons. The summed E-state index contributed by atoms with van der Waals surface area (Å²) in [5, 5.41) is 3.46. The van der Waals surface area contributed by atoms with Crippen molar-refractivity contribution in [2.45, 2.75) is 12.0 Å². The molecule has 2 aliphatic heterocycles. The van der Waals surface area contributed by atoms with Gasteiger partial charge >= 0.3 is 0 Å². The van der Waals surface area contributed by atoms with Crippen LogP contribution >= 0.6 is 15.9 Å². The predicted molar refractivity (Wildman–Crippen MR) is 53.9 cm³/mol. The van der Waals surface area contributed by atoms with E-state index in [2.05, 4.69) is 33.4 Å². The van der Waals surface area contributed by atoms with Crippen LogP contribution in [0.15, 0.2) is 22.7 Å². The molecule has 13 heavy (non-hydrogen) atoms. The minimum atomic E-state index is 0.149. The van der Waals surface area contributed by atoms with Crippen LogP contribution in [0.4, 0.5) is 0 Å². The third-order valence-electron chi connectivity index (χ3n) is 2.95. The molecule has 0 aromatic heterocycles. The van der Waals surface area contributed by atoms with Crippen molar-refractivity contribution in [3.63, 3.8) is 0 Å². The van der Waals surface area contributed by atoms with Gasteiger partial charge in [0.25, 0.3) is 0 Å². The van der Waals surface area contributed by atoms with E-state index >= 15 is 0 Å². The van der Waals surface area contributed by atoms with Gasteiger partial charge in [-0.15, -0.1) is 0 Å². The van der Waals surface area contributed by atoms with Crippen molar-refractivity contribution >= 4 is 15.9 Å². The maximum absolute atomic E-state index is 5.64. The molecule has 0 unspecified atom stereocenters. The lowest BCUT2D eigenvalue weighted by Crippen LogP contribution is -2.55. The van der Waals surface area contributed by atoms with Crippen molar-refractivity contribution in [1.82, 2.24) is 5.32 Å². The first-order valence-electron chi connectivity index (χ1n) is 4.48. The highest BCUT2D eigenvalue weighted by atomic mass is 79.9. The average molecular weight is 240 g/mol. The molecule has 1 aromatic rings. The number of nitrogens with one attached hydrogen (secondary N) is 1. The number of fused-ring (bicyclic) bond motifs is 2. The number of ether oxygens (including phenoxy) is 1. The van der Waals surface area contributed by atoms with Crippen molar-refractivity contribution in [1.29, 1.82) is 0 Å². The minimum absolute atomic E-state index is 0.149. The first-order valence-corrected chi connectivity index (χ1v) is 5.27. The Hall–Kier alpha value is -0.540. The lowest BCUT2D eigenvalue weighted by molar-refractivity contribution is 0.154. The number of hydrogen-bond acceptors (Lipinski definition) is 2. The molecule has 0 saturated carbocycles. The number of benzene rings is 1. The molecule has 0 aliphatic carbocycles. The topological polar surface area (TPSA) is 21.3 Å². The highest BCUT2D eigenvalue weighted by molar-refractivity contribution is 9.10. The van der Waals surface area contributed by atoms with Crippen LogP contribution in [0.25, 0.3) is 0 Å². The first kappa shape index (κ1) is 7.83. The summed E-state index contributed by atoms with van der Waals surface area (Å²) in [6.45, 7) is 1.90. The summed E-state index contributed by atoms with van der Waals surface area (Å²) in [4.78, 5) is 0. The Morgan fingerprint density at radius 2 is 2.31 bits per heavy atom. The molecule has 1 N–H and O–H groups in total. The fourth-order valence-corrected chi connectivity index (χ4v) is 2.41. The van der Waals surface area contributed by atoms with Gasteiger partial charge in [0.15, 0.2) is 0 Å². The fraction of sp³-hybridized carbons (Fsp3) is 0.400. The summed E-state index contributed by atoms with van der Waals surface area (Å²) in [6, 6.07) is 6.28. The number of hydrogen-bond donors (Lipinski definition) is 1. The van der Waals surface area contributed by atoms with Crippen LogP contribution in [-0.2, 0) is 5.54 Å². The molecule has 2 aliphatic rings. The zero-order chi connectivity index (χ0) is 8.89. The molecule has 1 saturated heterocycles. The van der Waals surface area contributed by atoms with Gasteiger partial charge in [0.05, 0.1) is 5.54 Å². The van der Waals surface area contributed by atoms with Gasteiger partial charge in [-0.05, 0) is 25.1 Å². The second kappa shape index (κ2) is 2.49.